The first-order chi connectivity index (χ1) is 37.0. The Hall–Kier alpha value is -6.21. The molecule has 9 N–H and O–H groups in total. The Morgan fingerprint density at radius 2 is 1.14 bits per heavy atom. The molecule has 7 amide bonds. The van der Waals surface area contributed by atoms with Gasteiger partial charge in [-0.2, -0.15) is 0 Å². The Morgan fingerprint density at radius 1 is 0.628 bits per heavy atom. The minimum atomic E-state index is -1.26. The molecular formula is C60H86N10O8. The van der Waals surface area contributed by atoms with Crippen LogP contribution in [-0.2, 0) is 48.0 Å². The number of hydrogen-bond donors (Lipinski definition) is 9. The van der Waals surface area contributed by atoms with Crippen molar-refractivity contribution in [1.29, 1.82) is 0 Å². The smallest absolute Gasteiger partial charge is 0.251 e. The fourth-order valence-corrected chi connectivity index (χ4v) is 11.5. The number of benzene rings is 3. The van der Waals surface area contributed by atoms with Crippen LogP contribution in [0.25, 0.3) is 0 Å². The van der Waals surface area contributed by atoms with E-state index in [1.54, 1.807) is 57.1 Å². The van der Waals surface area contributed by atoms with Crippen LogP contribution in [0.15, 0.2) is 72.8 Å². The highest BCUT2D eigenvalue weighted by molar-refractivity contribution is 5.95. The van der Waals surface area contributed by atoms with Crippen molar-refractivity contribution in [3.63, 3.8) is 0 Å². The predicted octanol–water partition coefficient (Wildman–Crippen LogP) is 3.86. The van der Waals surface area contributed by atoms with Crippen LogP contribution in [-0.4, -0.2) is 138 Å². The minimum Gasteiger partial charge on any atom is -0.376 e. The first-order valence-electron chi connectivity index (χ1n) is 28.1. The van der Waals surface area contributed by atoms with E-state index in [0.717, 1.165) is 55.2 Å². The third kappa shape index (κ3) is 14.5. The summed E-state index contributed by atoms with van der Waals surface area (Å²) in [6.45, 7) is 15.1. The van der Waals surface area contributed by atoms with Crippen molar-refractivity contribution in [2.24, 2.45) is 10.8 Å². The Morgan fingerprint density at radius 3 is 1.68 bits per heavy atom. The second-order valence-corrected chi connectivity index (χ2v) is 24.2. The molecule has 11 atom stereocenters. The molecule has 4 aliphatic rings. The lowest BCUT2D eigenvalue weighted by Gasteiger charge is -2.41. The molecule has 0 saturated carbocycles. The van der Waals surface area contributed by atoms with Crippen molar-refractivity contribution in [1.82, 2.24) is 52.3 Å². The lowest BCUT2D eigenvalue weighted by Crippen LogP contribution is -2.62. The van der Waals surface area contributed by atoms with Crippen molar-refractivity contribution in [3.05, 3.63) is 106 Å². The van der Waals surface area contributed by atoms with E-state index in [2.05, 4.69) is 54.7 Å². The second kappa shape index (κ2) is 25.7. The van der Waals surface area contributed by atoms with E-state index < -0.39 is 71.3 Å². The van der Waals surface area contributed by atoms with Crippen LogP contribution in [0.2, 0.25) is 0 Å². The summed E-state index contributed by atoms with van der Waals surface area (Å²) in [5.74, 6) is -2.22. The SMILES string of the molecule is CNC(C)C(=O)NC(C(=O)N1CC(NC(=O)CCc2ccc(C(=O)NC3CC(C(=O)NC4CCCc5ccccc54)N(C(O)C(NC(=O)C(C)NC)C(C)(C)C)C3)cc2)CC1C(=O)NC1CCCc2ccccc21)C(C)(C)C. The lowest BCUT2D eigenvalue weighted by atomic mass is 9.84. The molecule has 7 rings (SSSR count). The fourth-order valence-electron chi connectivity index (χ4n) is 11.5. The minimum absolute atomic E-state index is 0.0830. The second-order valence-electron chi connectivity index (χ2n) is 24.2. The molecule has 2 saturated heterocycles. The van der Waals surface area contributed by atoms with Crippen LogP contribution in [0.1, 0.15) is 151 Å². The number of hydrogen-bond acceptors (Lipinski definition) is 11. The van der Waals surface area contributed by atoms with Crippen molar-refractivity contribution >= 4 is 41.4 Å². The summed E-state index contributed by atoms with van der Waals surface area (Å²) in [6.07, 6.45) is 4.85. The number of amides is 7. The third-order valence-corrected chi connectivity index (χ3v) is 16.4. The van der Waals surface area contributed by atoms with Gasteiger partial charge in [-0.1, -0.05) is 102 Å². The molecule has 0 radical (unpaired) electrons. The third-order valence-electron chi connectivity index (χ3n) is 16.4. The van der Waals surface area contributed by atoms with Gasteiger partial charge in [-0.05, 0) is 137 Å². The van der Waals surface area contributed by atoms with E-state index in [1.807, 2.05) is 77.9 Å². The Kier molecular flexibility index (Phi) is 19.6. The van der Waals surface area contributed by atoms with Gasteiger partial charge in [-0.25, -0.2) is 0 Å². The quantitative estimate of drug-likeness (QED) is 0.0836. The standard InChI is InChI=1S/C60H86N10O8/c1-35(61-9)52(72)67-50(59(3,4)5)57(77)69-33-41(31-47(69)55(75)65-45-23-15-19-38-17-11-13-21-43(38)45)63-49(71)30-27-37-25-28-40(29-26-37)54(74)64-42-32-48(56(76)66-46-24-16-20-39-18-12-14-22-44(39)46)70(34-42)58(78)51(60(6,7)8)68-53(73)36(2)62-10/h11-14,17-18,21-22,25-26,28-29,35-36,41-42,45-48,50-51,58,61-62,78H,15-16,19-20,23-24,27,30-34H2,1-10H3,(H,63,71)(H,64,74)(H,65,75)(H,66,76)(H,67,72)(H,68,73). The molecule has 18 nitrogen and oxygen atoms in total. The molecule has 78 heavy (non-hydrogen) atoms. The normalized spacial score (nSPS) is 23.3. The number of likely N-dealkylation sites (tertiary alicyclic amines) is 2. The van der Waals surface area contributed by atoms with Crippen LogP contribution in [0.5, 0.6) is 0 Å². The molecule has 424 valence electrons. The van der Waals surface area contributed by atoms with E-state index in [9.17, 15) is 38.7 Å². The highest BCUT2D eigenvalue weighted by atomic mass is 16.3. The Bertz CT molecular complexity index is 2630. The number of rotatable bonds is 19. The number of aryl methyl sites for hydroxylation is 3. The average molecular weight is 1080 g/mol. The lowest BCUT2D eigenvalue weighted by molar-refractivity contribution is -0.144. The van der Waals surface area contributed by atoms with Gasteiger partial charge < -0.3 is 52.5 Å². The van der Waals surface area contributed by atoms with Crippen LogP contribution >= 0.6 is 0 Å². The van der Waals surface area contributed by atoms with E-state index >= 15 is 0 Å². The summed E-state index contributed by atoms with van der Waals surface area (Å²) in [5.41, 5.74) is 4.41. The molecule has 2 heterocycles. The maximum atomic E-state index is 14.6. The molecule has 11 unspecified atom stereocenters. The van der Waals surface area contributed by atoms with Crippen LogP contribution in [0, 0.1) is 10.8 Å². The Labute approximate surface area is 461 Å². The molecule has 18 heteroatoms. The zero-order chi connectivity index (χ0) is 56.6. The van der Waals surface area contributed by atoms with Gasteiger partial charge in [0.1, 0.15) is 18.3 Å². The first kappa shape index (κ1) is 59.5. The highest BCUT2D eigenvalue weighted by Crippen LogP contribution is 2.34. The predicted molar refractivity (Wildman–Crippen MR) is 300 cm³/mol. The van der Waals surface area contributed by atoms with Gasteiger partial charge in [0.05, 0.1) is 36.3 Å². The van der Waals surface area contributed by atoms with Gasteiger partial charge in [0, 0.05) is 37.2 Å². The molecule has 2 fully saturated rings. The molecule has 3 aromatic rings. The van der Waals surface area contributed by atoms with Gasteiger partial charge in [0.2, 0.25) is 35.4 Å². The monoisotopic (exact) mass is 1070 g/mol. The highest BCUT2D eigenvalue weighted by Gasteiger charge is 2.48. The number of fused-ring (bicyclic) bond motifs is 2. The molecule has 0 spiro atoms. The number of nitrogens with one attached hydrogen (secondary N) is 8. The van der Waals surface area contributed by atoms with Gasteiger partial charge >= 0.3 is 0 Å². The van der Waals surface area contributed by atoms with Crippen LogP contribution < -0.4 is 42.5 Å². The van der Waals surface area contributed by atoms with E-state index in [1.165, 1.54) is 16.0 Å². The number of aliphatic hydroxyl groups excluding tert-OH is 1. The number of carbonyl (C=O) groups is 7. The fraction of sp³-hybridized carbons (Fsp3) is 0.583. The summed E-state index contributed by atoms with van der Waals surface area (Å²) in [5, 5.41) is 36.7. The zero-order valence-corrected chi connectivity index (χ0v) is 47.5. The van der Waals surface area contributed by atoms with Crippen LogP contribution in [0.3, 0.4) is 0 Å². The maximum absolute atomic E-state index is 14.6. The number of aliphatic hydroxyl groups is 1. The molecule has 3 aromatic carbocycles. The van der Waals surface area contributed by atoms with E-state index in [-0.39, 0.29) is 79.9 Å². The molecule has 2 aliphatic heterocycles. The van der Waals surface area contributed by atoms with Crippen molar-refractivity contribution in [2.75, 3.05) is 27.2 Å². The summed E-state index contributed by atoms with van der Waals surface area (Å²) in [6, 6.07) is 17.2. The van der Waals surface area contributed by atoms with Gasteiger partial charge in [-0.3, -0.25) is 38.5 Å². The van der Waals surface area contributed by atoms with Crippen molar-refractivity contribution in [3.8, 4) is 0 Å². The van der Waals surface area contributed by atoms with Crippen molar-refractivity contribution < 1.29 is 38.7 Å². The summed E-state index contributed by atoms with van der Waals surface area (Å²) < 4.78 is 0. The van der Waals surface area contributed by atoms with Gasteiger partial charge in [0.25, 0.3) is 5.91 Å². The van der Waals surface area contributed by atoms with Crippen LogP contribution in [0.4, 0.5) is 0 Å². The first-order valence-corrected chi connectivity index (χ1v) is 28.1. The number of carbonyl (C=O) groups excluding carboxylic acids is 7. The average Bonchev–Trinajstić information content (AvgIpc) is 4.10. The number of likely N-dealkylation sites (N-methyl/N-ethyl adjacent to an activating group) is 2. The van der Waals surface area contributed by atoms with E-state index in [0.29, 0.717) is 12.0 Å². The molecule has 0 bridgehead atoms. The van der Waals surface area contributed by atoms with Gasteiger partial charge in [-0.15, -0.1) is 0 Å². The largest absolute Gasteiger partial charge is 0.376 e. The van der Waals surface area contributed by atoms with Crippen molar-refractivity contribution in [2.45, 2.75) is 186 Å². The van der Waals surface area contributed by atoms with E-state index in [4.69, 9.17) is 0 Å². The zero-order valence-electron chi connectivity index (χ0n) is 47.5. The molecular weight excluding hydrogens is 989 g/mol. The maximum Gasteiger partial charge on any atom is 0.251 e. The molecule has 0 aromatic heterocycles. The van der Waals surface area contributed by atoms with Gasteiger partial charge in [0.15, 0.2) is 0 Å². The molecule has 2 aliphatic carbocycles. The number of nitrogens with zero attached hydrogens (tertiary/aromatic N) is 2. The topological polar surface area (TPSA) is 242 Å². The summed E-state index contributed by atoms with van der Waals surface area (Å²) in [4.78, 5) is 101. The summed E-state index contributed by atoms with van der Waals surface area (Å²) in [7, 11) is 3.35. The summed E-state index contributed by atoms with van der Waals surface area (Å²) >= 11 is 0. The Balaban J connectivity index is 0.998.